The fraction of sp³-hybridized carbons (Fsp3) is 0.800. The van der Waals surface area contributed by atoms with Crippen molar-refractivity contribution in [1.82, 2.24) is 5.43 Å². The van der Waals surface area contributed by atoms with Gasteiger partial charge in [-0.2, -0.15) is 13.2 Å². The molecule has 0 saturated carbocycles. The third-order valence-corrected chi connectivity index (χ3v) is 1.19. The summed E-state index contributed by atoms with van der Waals surface area (Å²) in [6.07, 6.45) is -5.36. The molecule has 0 aromatic rings. The molecule has 0 heterocycles. The number of hydrogen-bond acceptors (Lipinski definition) is 4. The van der Waals surface area contributed by atoms with Gasteiger partial charge in [0.05, 0.1) is 13.5 Å². The van der Waals surface area contributed by atoms with Crippen molar-refractivity contribution in [2.75, 3.05) is 7.11 Å². The lowest BCUT2D eigenvalue weighted by Gasteiger charge is -2.17. The number of methoxy groups -OCH3 is 1. The van der Waals surface area contributed by atoms with Gasteiger partial charge in [-0.25, -0.2) is 5.43 Å². The molecule has 4 nitrogen and oxygen atoms in total. The highest BCUT2D eigenvalue weighted by molar-refractivity contribution is 5.70. The predicted molar refractivity (Wildman–Crippen MR) is 33.8 cm³/mol. The standard InChI is InChI=1S/C5H9F3N2O2/c1-12-4(11)2-3(10-9)5(6,7)8/h3,10H,2,9H2,1H3/t3-/m1/s1. The second-order valence-corrected chi connectivity index (χ2v) is 2.04. The van der Waals surface area contributed by atoms with Gasteiger partial charge in [-0.3, -0.25) is 10.6 Å². The molecular formula is C5H9F3N2O2. The zero-order chi connectivity index (χ0) is 9.78. The summed E-state index contributed by atoms with van der Waals surface area (Å²) in [5.74, 6) is 3.62. The van der Waals surface area contributed by atoms with Crippen LogP contribution in [0.4, 0.5) is 13.2 Å². The first-order chi connectivity index (χ1) is 5.41. The number of alkyl halides is 3. The Kier molecular flexibility index (Phi) is 3.98. The van der Waals surface area contributed by atoms with Crippen molar-refractivity contribution >= 4 is 5.97 Å². The number of rotatable bonds is 3. The summed E-state index contributed by atoms with van der Waals surface area (Å²) in [6, 6.07) is -2.05. The molecule has 0 amide bonds. The van der Waals surface area contributed by atoms with Gasteiger partial charge in [0, 0.05) is 0 Å². The van der Waals surface area contributed by atoms with Crippen LogP contribution in [0.2, 0.25) is 0 Å². The Morgan fingerprint density at radius 2 is 2.17 bits per heavy atom. The lowest BCUT2D eigenvalue weighted by molar-refractivity contribution is -0.168. The lowest BCUT2D eigenvalue weighted by atomic mass is 10.2. The summed E-state index contributed by atoms with van der Waals surface area (Å²) >= 11 is 0. The van der Waals surface area contributed by atoms with Crippen molar-refractivity contribution in [2.45, 2.75) is 18.6 Å². The quantitative estimate of drug-likeness (QED) is 0.368. The van der Waals surface area contributed by atoms with Crippen LogP contribution in [0.15, 0.2) is 0 Å². The highest BCUT2D eigenvalue weighted by atomic mass is 19.4. The number of carbonyl (C=O) groups is 1. The minimum Gasteiger partial charge on any atom is -0.469 e. The summed E-state index contributed by atoms with van der Waals surface area (Å²) < 4.78 is 39.6. The van der Waals surface area contributed by atoms with Crippen molar-refractivity contribution < 1.29 is 22.7 Å². The van der Waals surface area contributed by atoms with Crippen LogP contribution in [-0.2, 0) is 9.53 Å². The van der Waals surface area contributed by atoms with E-state index in [0.717, 1.165) is 7.11 Å². The van der Waals surface area contributed by atoms with E-state index in [9.17, 15) is 18.0 Å². The van der Waals surface area contributed by atoms with E-state index in [4.69, 9.17) is 0 Å². The summed E-state index contributed by atoms with van der Waals surface area (Å²) in [7, 11) is 1.01. The van der Waals surface area contributed by atoms with Crippen LogP contribution in [0.1, 0.15) is 6.42 Å². The molecule has 12 heavy (non-hydrogen) atoms. The average Bonchev–Trinajstić information content (AvgIpc) is 1.97. The first-order valence-corrected chi connectivity index (χ1v) is 3.01. The molecule has 0 aromatic heterocycles. The van der Waals surface area contributed by atoms with Gasteiger partial charge >= 0.3 is 12.1 Å². The molecule has 0 radical (unpaired) electrons. The smallest absolute Gasteiger partial charge is 0.405 e. The number of nitrogens with one attached hydrogen (secondary N) is 1. The minimum atomic E-state index is -4.54. The van der Waals surface area contributed by atoms with Crippen molar-refractivity contribution in [1.29, 1.82) is 0 Å². The van der Waals surface area contributed by atoms with Gasteiger partial charge in [0.25, 0.3) is 0 Å². The van der Waals surface area contributed by atoms with E-state index >= 15 is 0 Å². The molecule has 1 atom stereocenters. The molecular weight excluding hydrogens is 177 g/mol. The predicted octanol–water partition coefficient (Wildman–Crippen LogP) is -0.0563. The Morgan fingerprint density at radius 1 is 1.67 bits per heavy atom. The van der Waals surface area contributed by atoms with Crippen molar-refractivity contribution in [3.63, 3.8) is 0 Å². The largest absolute Gasteiger partial charge is 0.469 e. The maximum Gasteiger partial charge on any atom is 0.405 e. The number of hydrazine groups is 1. The van der Waals surface area contributed by atoms with Crippen molar-refractivity contribution in [3.05, 3.63) is 0 Å². The molecule has 0 fully saturated rings. The van der Waals surface area contributed by atoms with Crippen LogP contribution in [0.25, 0.3) is 0 Å². The summed E-state index contributed by atoms with van der Waals surface area (Å²) in [5, 5.41) is 0. The normalized spacial score (nSPS) is 14.1. The van der Waals surface area contributed by atoms with Gasteiger partial charge in [-0.15, -0.1) is 0 Å². The van der Waals surface area contributed by atoms with Crippen LogP contribution < -0.4 is 11.3 Å². The second-order valence-electron chi connectivity index (χ2n) is 2.04. The summed E-state index contributed by atoms with van der Waals surface area (Å²) in [5.41, 5.74) is 1.48. The van der Waals surface area contributed by atoms with Crippen LogP contribution in [0.5, 0.6) is 0 Å². The van der Waals surface area contributed by atoms with Crippen LogP contribution in [0.3, 0.4) is 0 Å². The third kappa shape index (κ3) is 3.54. The molecule has 72 valence electrons. The molecule has 0 saturated heterocycles. The highest BCUT2D eigenvalue weighted by Crippen LogP contribution is 2.21. The van der Waals surface area contributed by atoms with Crippen molar-refractivity contribution in [3.8, 4) is 0 Å². The third-order valence-electron chi connectivity index (χ3n) is 1.19. The monoisotopic (exact) mass is 186 g/mol. The van der Waals surface area contributed by atoms with E-state index in [2.05, 4.69) is 10.6 Å². The molecule has 0 spiro atoms. The zero-order valence-corrected chi connectivity index (χ0v) is 6.31. The molecule has 0 bridgehead atoms. The first-order valence-electron chi connectivity index (χ1n) is 3.01. The molecule has 0 unspecified atom stereocenters. The Hall–Kier alpha value is -0.820. The highest BCUT2D eigenvalue weighted by Gasteiger charge is 2.40. The maximum absolute atomic E-state index is 11.9. The molecule has 0 rings (SSSR count). The van der Waals surface area contributed by atoms with Gasteiger partial charge in [0.15, 0.2) is 0 Å². The van der Waals surface area contributed by atoms with Crippen molar-refractivity contribution in [2.24, 2.45) is 5.84 Å². The van der Waals surface area contributed by atoms with Crippen LogP contribution >= 0.6 is 0 Å². The number of esters is 1. The fourth-order valence-corrected chi connectivity index (χ4v) is 0.519. The number of carbonyl (C=O) groups excluding carboxylic acids is 1. The van der Waals surface area contributed by atoms with E-state index in [1.807, 2.05) is 0 Å². The van der Waals surface area contributed by atoms with Crippen LogP contribution in [0, 0.1) is 0 Å². The van der Waals surface area contributed by atoms with E-state index in [0.29, 0.717) is 0 Å². The topological polar surface area (TPSA) is 64.3 Å². The number of halogens is 3. The minimum absolute atomic E-state index is 0.823. The first kappa shape index (κ1) is 11.2. The Bertz CT molecular complexity index is 159. The summed E-state index contributed by atoms with van der Waals surface area (Å²) in [4.78, 5) is 10.4. The van der Waals surface area contributed by atoms with E-state index in [1.165, 1.54) is 5.43 Å². The van der Waals surface area contributed by atoms with Crippen LogP contribution in [-0.4, -0.2) is 25.3 Å². The average molecular weight is 186 g/mol. The van der Waals surface area contributed by atoms with Gasteiger partial charge in [-0.05, 0) is 0 Å². The van der Waals surface area contributed by atoms with Gasteiger partial charge in [0.1, 0.15) is 6.04 Å². The van der Waals surface area contributed by atoms with Gasteiger partial charge in [-0.1, -0.05) is 0 Å². The SMILES string of the molecule is COC(=O)C[C@@H](NN)C(F)(F)F. The van der Waals surface area contributed by atoms with E-state index < -0.39 is 24.6 Å². The van der Waals surface area contributed by atoms with Gasteiger partial charge in [0.2, 0.25) is 0 Å². The van der Waals surface area contributed by atoms with Gasteiger partial charge < -0.3 is 4.74 Å². The lowest BCUT2D eigenvalue weighted by Crippen LogP contribution is -2.47. The summed E-state index contributed by atoms with van der Waals surface area (Å²) in [6.45, 7) is 0. The Labute approximate surface area is 66.8 Å². The molecule has 3 N–H and O–H groups in total. The molecule has 0 aliphatic heterocycles. The second kappa shape index (κ2) is 4.27. The number of nitrogens with two attached hydrogens (primary N) is 1. The maximum atomic E-state index is 11.9. The molecule has 0 aliphatic rings. The molecule has 0 aliphatic carbocycles. The Morgan fingerprint density at radius 3 is 2.42 bits per heavy atom. The fourth-order valence-electron chi connectivity index (χ4n) is 0.519. The number of ether oxygens (including phenoxy) is 1. The van der Waals surface area contributed by atoms with E-state index in [1.54, 1.807) is 0 Å². The molecule has 7 heteroatoms. The van der Waals surface area contributed by atoms with E-state index in [-0.39, 0.29) is 0 Å². The molecule has 0 aromatic carbocycles. The number of hydrogen-bond donors (Lipinski definition) is 2. The Balaban J connectivity index is 4.09. The zero-order valence-electron chi connectivity index (χ0n) is 6.31.